The SMILES string of the molecule is Cc1cc(N)nc(CC2CCOC2)n1. The Morgan fingerprint density at radius 2 is 2.43 bits per heavy atom. The molecule has 76 valence electrons. The van der Waals surface area contributed by atoms with Gasteiger partial charge in [-0.2, -0.15) is 0 Å². The van der Waals surface area contributed by atoms with Crippen molar-refractivity contribution in [3.05, 3.63) is 17.6 Å². The van der Waals surface area contributed by atoms with Gasteiger partial charge in [-0.25, -0.2) is 9.97 Å². The first-order valence-corrected chi connectivity index (χ1v) is 4.92. The summed E-state index contributed by atoms with van der Waals surface area (Å²) < 4.78 is 5.30. The number of rotatable bonds is 2. The van der Waals surface area contributed by atoms with Gasteiger partial charge in [0.15, 0.2) is 0 Å². The molecule has 0 spiro atoms. The lowest BCUT2D eigenvalue weighted by atomic mass is 10.0. The van der Waals surface area contributed by atoms with Gasteiger partial charge in [0.2, 0.25) is 0 Å². The zero-order chi connectivity index (χ0) is 9.97. The van der Waals surface area contributed by atoms with Crippen molar-refractivity contribution in [2.45, 2.75) is 19.8 Å². The monoisotopic (exact) mass is 193 g/mol. The number of aryl methyl sites for hydroxylation is 1. The van der Waals surface area contributed by atoms with Gasteiger partial charge in [-0.1, -0.05) is 0 Å². The third-order valence-electron chi connectivity index (χ3n) is 2.42. The fourth-order valence-electron chi connectivity index (χ4n) is 1.75. The highest BCUT2D eigenvalue weighted by Crippen LogP contribution is 2.16. The molecule has 2 rings (SSSR count). The van der Waals surface area contributed by atoms with E-state index in [1.807, 2.05) is 6.92 Å². The fraction of sp³-hybridized carbons (Fsp3) is 0.600. The number of nitrogens with two attached hydrogens (primary N) is 1. The van der Waals surface area contributed by atoms with Crippen molar-refractivity contribution in [1.29, 1.82) is 0 Å². The lowest BCUT2D eigenvalue weighted by Crippen LogP contribution is -2.09. The first kappa shape index (κ1) is 9.40. The molecule has 4 nitrogen and oxygen atoms in total. The lowest BCUT2D eigenvalue weighted by molar-refractivity contribution is 0.185. The predicted molar refractivity (Wildman–Crippen MR) is 53.8 cm³/mol. The van der Waals surface area contributed by atoms with Crippen LogP contribution in [0, 0.1) is 12.8 Å². The van der Waals surface area contributed by atoms with Crippen LogP contribution >= 0.6 is 0 Å². The molecule has 2 heterocycles. The molecule has 2 N–H and O–H groups in total. The second-order valence-corrected chi connectivity index (χ2v) is 3.78. The summed E-state index contributed by atoms with van der Waals surface area (Å²) in [5, 5.41) is 0. The van der Waals surface area contributed by atoms with Crippen LogP contribution in [0.3, 0.4) is 0 Å². The highest BCUT2D eigenvalue weighted by atomic mass is 16.5. The molecule has 1 unspecified atom stereocenters. The van der Waals surface area contributed by atoms with E-state index >= 15 is 0 Å². The van der Waals surface area contributed by atoms with Crippen LogP contribution in [0.5, 0.6) is 0 Å². The molecular formula is C10H15N3O. The smallest absolute Gasteiger partial charge is 0.131 e. The van der Waals surface area contributed by atoms with E-state index in [-0.39, 0.29) is 0 Å². The van der Waals surface area contributed by atoms with Crippen molar-refractivity contribution in [2.24, 2.45) is 5.92 Å². The van der Waals surface area contributed by atoms with Crippen molar-refractivity contribution in [2.75, 3.05) is 18.9 Å². The third-order valence-corrected chi connectivity index (χ3v) is 2.42. The summed E-state index contributed by atoms with van der Waals surface area (Å²) in [6.45, 7) is 3.63. The molecule has 1 aromatic rings. The Labute approximate surface area is 83.5 Å². The van der Waals surface area contributed by atoms with Gasteiger partial charge in [0, 0.05) is 31.4 Å². The minimum absolute atomic E-state index is 0.561. The zero-order valence-electron chi connectivity index (χ0n) is 8.36. The van der Waals surface area contributed by atoms with Crippen molar-refractivity contribution in [3.8, 4) is 0 Å². The molecule has 0 aliphatic carbocycles. The molecule has 1 fully saturated rings. The molecule has 0 bridgehead atoms. The standard InChI is InChI=1S/C10H15N3O/c1-7-4-9(11)13-10(12-7)5-8-2-3-14-6-8/h4,8H,2-3,5-6H2,1H3,(H2,11,12,13). The largest absolute Gasteiger partial charge is 0.384 e. The van der Waals surface area contributed by atoms with Gasteiger partial charge >= 0.3 is 0 Å². The Kier molecular flexibility index (Phi) is 2.63. The first-order chi connectivity index (χ1) is 6.74. The van der Waals surface area contributed by atoms with E-state index in [0.29, 0.717) is 11.7 Å². The summed E-state index contributed by atoms with van der Waals surface area (Å²) in [5.41, 5.74) is 6.59. The van der Waals surface area contributed by atoms with Gasteiger partial charge < -0.3 is 10.5 Å². The molecule has 0 amide bonds. The molecule has 4 heteroatoms. The Balaban J connectivity index is 2.07. The molecule has 14 heavy (non-hydrogen) atoms. The molecule has 1 atom stereocenters. The van der Waals surface area contributed by atoms with E-state index in [4.69, 9.17) is 10.5 Å². The maximum Gasteiger partial charge on any atom is 0.131 e. The van der Waals surface area contributed by atoms with Crippen molar-refractivity contribution < 1.29 is 4.74 Å². The van der Waals surface area contributed by atoms with Crippen LogP contribution in [0.1, 0.15) is 17.9 Å². The van der Waals surface area contributed by atoms with Gasteiger partial charge in [0.05, 0.1) is 0 Å². The van der Waals surface area contributed by atoms with Crippen LogP contribution in [0.25, 0.3) is 0 Å². The topological polar surface area (TPSA) is 61.0 Å². The second-order valence-electron chi connectivity index (χ2n) is 3.78. The summed E-state index contributed by atoms with van der Waals surface area (Å²) in [6.07, 6.45) is 1.99. The van der Waals surface area contributed by atoms with E-state index in [2.05, 4.69) is 9.97 Å². The maximum atomic E-state index is 5.65. The second kappa shape index (κ2) is 3.92. The maximum absolute atomic E-state index is 5.65. The van der Waals surface area contributed by atoms with Gasteiger partial charge in [0.25, 0.3) is 0 Å². The van der Waals surface area contributed by atoms with Crippen LogP contribution in [-0.2, 0) is 11.2 Å². The van der Waals surface area contributed by atoms with E-state index in [9.17, 15) is 0 Å². The highest BCUT2D eigenvalue weighted by molar-refractivity contribution is 5.29. The molecule has 0 radical (unpaired) electrons. The van der Waals surface area contributed by atoms with E-state index in [0.717, 1.165) is 37.6 Å². The predicted octanol–water partition coefficient (Wildman–Crippen LogP) is 0.946. The Morgan fingerprint density at radius 3 is 3.07 bits per heavy atom. The van der Waals surface area contributed by atoms with Gasteiger partial charge in [-0.05, 0) is 19.3 Å². The molecule has 0 aromatic carbocycles. The number of hydrogen-bond acceptors (Lipinski definition) is 4. The van der Waals surface area contributed by atoms with Crippen molar-refractivity contribution >= 4 is 5.82 Å². The van der Waals surface area contributed by atoms with E-state index in [1.165, 1.54) is 0 Å². The van der Waals surface area contributed by atoms with Gasteiger partial charge in [-0.15, -0.1) is 0 Å². The summed E-state index contributed by atoms with van der Waals surface area (Å²) in [5.74, 6) is 1.97. The molecule has 1 saturated heterocycles. The number of nitrogen functional groups attached to an aromatic ring is 1. The van der Waals surface area contributed by atoms with Crippen molar-refractivity contribution in [3.63, 3.8) is 0 Å². The number of ether oxygens (including phenoxy) is 1. The van der Waals surface area contributed by atoms with Crippen LogP contribution in [0.15, 0.2) is 6.07 Å². The molecule has 1 aliphatic rings. The van der Waals surface area contributed by atoms with Crippen LogP contribution < -0.4 is 5.73 Å². The van der Waals surface area contributed by atoms with Crippen molar-refractivity contribution in [1.82, 2.24) is 9.97 Å². The van der Waals surface area contributed by atoms with E-state index in [1.54, 1.807) is 6.07 Å². The van der Waals surface area contributed by atoms with Crippen LogP contribution in [-0.4, -0.2) is 23.2 Å². The summed E-state index contributed by atoms with van der Waals surface area (Å²) in [7, 11) is 0. The Hall–Kier alpha value is -1.16. The lowest BCUT2D eigenvalue weighted by Gasteiger charge is -2.06. The van der Waals surface area contributed by atoms with Gasteiger partial charge in [-0.3, -0.25) is 0 Å². The van der Waals surface area contributed by atoms with E-state index < -0.39 is 0 Å². The Bertz CT molecular complexity index is 301. The van der Waals surface area contributed by atoms with Gasteiger partial charge in [0.1, 0.15) is 11.6 Å². The number of aromatic nitrogens is 2. The third kappa shape index (κ3) is 2.20. The molecule has 0 saturated carbocycles. The molecule has 1 aromatic heterocycles. The zero-order valence-corrected chi connectivity index (χ0v) is 8.36. The first-order valence-electron chi connectivity index (χ1n) is 4.92. The quantitative estimate of drug-likeness (QED) is 0.759. The number of nitrogens with zero attached hydrogens (tertiary/aromatic N) is 2. The fourth-order valence-corrected chi connectivity index (χ4v) is 1.75. The molecular weight excluding hydrogens is 178 g/mol. The summed E-state index contributed by atoms with van der Waals surface area (Å²) in [4.78, 5) is 8.56. The van der Waals surface area contributed by atoms with Crippen LogP contribution in [0.4, 0.5) is 5.82 Å². The number of anilines is 1. The highest BCUT2D eigenvalue weighted by Gasteiger charge is 2.17. The average Bonchev–Trinajstić information content (AvgIpc) is 2.54. The minimum atomic E-state index is 0.561. The number of hydrogen-bond donors (Lipinski definition) is 1. The Morgan fingerprint density at radius 1 is 1.57 bits per heavy atom. The average molecular weight is 193 g/mol. The molecule has 1 aliphatic heterocycles. The summed E-state index contributed by atoms with van der Waals surface area (Å²) in [6, 6.07) is 1.79. The van der Waals surface area contributed by atoms with Crippen LogP contribution in [0.2, 0.25) is 0 Å². The summed E-state index contributed by atoms with van der Waals surface area (Å²) >= 11 is 0. The normalized spacial score (nSPS) is 21.4. The minimum Gasteiger partial charge on any atom is -0.384 e.